The molecule has 1 aliphatic heterocycles. The Kier molecular flexibility index (Phi) is 8.14. The molecule has 0 spiro atoms. The molecule has 1 amide bonds. The van der Waals surface area contributed by atoms with Crippen LogP contribution in [-0.2, 0) is 17.9 Å². The van der Waals surface area contributed by atoms with Gasteiger partial charge in [0.15, 0.2) is 5.96 Å². The molecule has 1 aliphatic carbocycles. The summed E-state index contributed by atoms with van der Waals surface area (Å²) in [7, 11) is 5.51. The Morgan fingerprint density at radius 1 is 1.03 bits per heavy atom. The van der Waals surface area contributed by atoms with Gasteiger partial charge in [-0.1, -0.05) is 43.5 Å². The second-order valence-corrected chi connectivity index (χ2v) is 9.07. The molecule has 1 aromatic carbocycles. The van der Waals surface area contributed by atoms with Crippen LogP contribution in [0, 0.1) is 5.41 Å². The quantitative estimate of drug-likeness (QED) is 0.533. The van der Waals surface area contributed by atoms with E-state index >= 15 is 0 Å². The van der Waals surface area contributed by atoms with Crippen molar-refractivity contribution in [2.24, 2.45) is 10.4 Å². The van der Waals surface area contributed by atoms with Crippen LogP contribution in [0.2, 0.25) is 0 Å². The predicted molar refractivity (Wildman–Crippen MR) is 123 cm³/mol. The van der Waals surface area contributed by atoms with E-state index < -0.39 is 0 Å². The van der Waals surface area contributed by atoms with E-state index in [9.17, 15) is 4.79 Å². The molecule has 1 aromatic rings. The predicted octanol–water partition coefficient (Wildman–Crippen LogP) is 2.99. The molecular formula is C24H39N5O. The number of benzene rings is 1. The van der Waals surface area contributed by atoms with E-state index in [1.807, 2.05) is 14.1 Å². The fourth-order valence-electron chi connectivity index (χ4n) is 4.89. The van der Waals surface area contributed by atoms with Crippen molar-refractivity contribution in [1.29, 1.82) is 0 Å². The van der Waals surface area contributed by atoms with Gasteiger partial charge in [0.05, 0.1) is 5.41 Å². The van der Waals surface area contributed by atoms with Gasteiger partial charge in [-0.25, -0.2) is 0 Å². The van der Waals surface area contributed by atoms with Crippen LogP contribution in [-0.4, -0.2) is 62.4 Å². The first kappa shape index (κ1) is 22.6. The molecule has 6 nitrogen and oxygen atoms in total. The second kappa shape index (κ2) is 10.8. The van der Waals surface area contributed by atoms with Gasteiger partial charge in [0.2, 0.25) is 5.91 Å². The van der Waals surface area contributed by atoms with Crippen molar-refractivity contribution < 1.29 is 4.79 Å². The Balaban J connectivity index is 1.57. The van der Waals surface area contributed by atoms with Crippen molar-refractivity contribution in [3.63, 3.8) is 0 Å². The Hall–Kier alpha value is -2.08. The number of rotatable bonds is 7. The van der Waals surface area contributed by atoms with Crippen LogP contribution in [0.15, 0.2) is 29.3 Å². The number of guanidine groups is 1. The van der Waals surface area contributed by atoms with Crippen LogP contribution in [0.5, 0.6) is 0 Å². The molecular weight excluding hydrogens is 374 g/mol. The van der Waals surface area contributed by atoms with Crippen molar-refractivity contribution in [3.8, 4) is 0 Å². The van der Waals surface area contributed by atoms with Gasteiger partial charge in [-0.3, -0.25) is 14.7 Å². The summed E-state index contributed by atoms with van der Waals surface area (Å²) in [6.45, 7) is 4.79. The minimum atomic E-state index is -0.298. The van der Waals surface area contributed by atoms with Crippen LogP contribution in [0.1, 0.15) is 56.1 Å². The summed E-state index contributed by atoms with van der Waals surface area (Å²) in [5.74, 6) is 0.996. The zero-order chi connectivity index (χ0) is 21.4. The van der Waals surface area contributed by atoms with E-state index in [1.54, 1.807) is 11.9 Å². The SMILES string of the molecule is CN=C(NCc1ccccc1CN1CCCCC1)NCC1(C(=O)N(C)C)CCCC1. The highest BCUT2D eigenvalue weighted by Crippen LogP contribution is 2.38. The number of nitrogens with one attached hydrogen (secondary N) is 2. The third-order valence-electron chi connectivity index (χ3n) is 6.65. The number of carbonyl (C=O) groups is 1. The molecule has 2 aliphatic rings. The number of amides is 1. The van der Waals surface area contributed by atoms with Crippen molar-refractivity contribution in [1.82, 2.24) is 20.4 Å². The molecule has 6 heteroatoms. The molecule has 0 aromatic heterocycles. The summed E-state index contributed by atoms with van der Waals surface area (Å²) < 4.78 is 0. The first-order valence-electron chi connectivity index (χ1n) is 11.5. The van der Waals surface area contributed by atoms with Crippen LogP contribution in [0.3, 0.4) is 0 Å². The zero-order valence-corrected chi connectivity index (χ0v) is 19.0. The van der Waals surface area contributed by atoms with Crippen molar-refractivity contribution in [2.45, 2.75) is 58.0 Å². The Morgan fingerprint density at radius 3 is 2.33 bits per heavy atom. The minimum absolute atomic E-state index is 0.231. The number of aliphatic imine (C=N–C) groups is 1. The van der Waals surface area contributed by atoms with Gasteiger partial charge >= 0.3 is 0 Å². The monoisotopic (exact) mass is 413 g/mol. The van der Waals surface area contributed by atoms with E-state index in [0.717, 1.165) is 44.7 Å². The van der Waals surface area contributed by atoms with Gasteiger partial charge in [-0.05, 0) is 49.9 Å². The molecule has 1 heterocycles. The van der Waals surface area contributed by atoms with Gasteiger partial charge in [0.25, 0.3) is 0 Å². The number of piperidine rings is 1. The number of nitrogens with zero attached hydrogens (tertiary/aromatic N) is 3. The van der Waals surface area contributed by atoms with Crippen LogP contribution in [0.4, 0.5) is 0 Å². The molecule has 0 atom stereocenters. The van der Waals surface area contributed by atoms with Gasteiger partial charge in [-0.2, -0.15) is 0 Å². The van der Waals surface area contributed by atoms with Gasteiger partial charge < -0.3 is 15.5 Å². The second-order valence-electron chi connectivity index (χ2n) is 9.07. The molecule has 3 rings (SSSR count). The average molecular weight is 414 g/mol. The molecule has 1 saturated heterocycles. The molecule has 30 heavy (non-hydrogen) atoms. The fraction of sp³-hybridized carbons (Fsp3) is 0.667. The topological polar surface area (TPSA) is 60.0 Å². The highest BCUT2D eigenvalue weighted by molar-refractivity contribution is 5.85. The molecule has 0 bridgehead atoms. The smallest absolute Gasteiger partial charge is 0.230 e. The van der Waals surface area contributed by atoms with Crippen LogP contribution in [0.25, 0.3) is 0 Å². The molecule has 166 valence electrons. The summed E-state index contributed by atoms with van der Waals surface area (Å²) in [6, 6.07) is 8.68. The highest BCUT2D eigenvalue weighted by atomic mass is 16.2. The average Bonchev–Trinajstić information content (AvgIpc) is 3.25. The summed E-state index contributed by atoms with van der Waals surface area (Å²) in [4.78, 5) is 21.5. The lowest BCUT2D eigenvalue weighted by Gasteiger charge is -2.31. The highest BCUT2D eigenvalue weighted by Gasteiger charge is 2.42. The summed E-state index contributed by atoms with van der Waals surface area (Å²) in [5.41, 5.74) is 2.40. The molecule has 1 saturated carbocycles. The maximum Gasteiger partial charge on any atom is 0.230 e. The van der Waals surface area contributed by atoms with Gasteiger partial charge in [-0.15, -0.1) is 0 Å². The zero-order valence-electron chi connectivity index (χ0n) is 19.0. The third-order valence-corrected chi connectivity index (χ3v) is 6.65. The van der Waals surface area contributed by atoms with E-state index in [0.29, 0.717) is 6.54 Å². The van der Waals surface area contributed by atoms with Crippen molar-refractivity contribution in [2.75, 3.05) is 40.8 Å². The lowest BCUT2D eigenvalue weighted by atomic mass is 9.84. The fourth-order valence-corrected chi connectivity index (χ4v) is 4.89. The minimum Gasteiger partial charge on any atom is -0.355 e. The van der Waals surface area contributed by atoms with Crippen LogP contribution < -0.4 is 10.6 Å². The van der Waals surface area contributed by atoms with E-state index in [1.165, 1.54) is 43.5 Å². The maximum absolute atomic E-state index is 12.8. The number of carbonyl (C=O) groups excluding carboxylic acids is 1. The maximum atomic E-state index is 12.8. The van der Waals surface area contributed by atoms with E-state index in [-0.39, 0.29) is 11.3 Å². The van der Waals surface area contributed by atoms with Gasteiger partial charge in [0.1, 0.15) is 0 Å². The van der Waals surface area contributed by atoms with Crippen molar-refractivity contribution >= 4 is 11.9 Å². The van der Waals surface area contributed by atoms with Crippen molar-refractivity contribution in [3.05, 3.63) is 35.4 Å². The van der Waals surface area contributed by atoms with Gasteiger partial charge in [0, 0.05) is 40.8 Å². The lowest BCUT2D eigenvalue weighted by Crippen LogP contribution is -2.49. The lowest BCUT2D eigenvalue weighted by molar-refractivity contribution is -0.138. The first-order chi connectivity index (χ1) is 14.5. The third kappa shape index (κ3) is 5.75. The Bertz CT molecular complexity index is 718. The Labute approximate surface area is 182 Å². The Morgan fingerprint density at radius 2 is 1.70 bits per heavy atom. The van der Waals surface area contributed by atoms with E-state index in [4.69, 9.17) is 0 Å². The number of likely N-dealkylation sites (tertiary alicyclic amines) is 1. The normalized spacial score (nSPS) is 19.5. The van der Waals surface area contributed by atoms with Crippen LogP contribution >= 0.6 is 0 Å². The standard InChI is InChI=1S/C24H39N5O/c1-25-23(27-19-24(13-7-8-14-24)22(30)28(2)3)26-17-20-11-5-6-12-21(20)18-29-15-9-4-10-16-29/h5-6,11-12H,4,7-10,13-19H2,1-3H3,(H2,25,26,27). The number of hydrogen-bond donors (Lipinski definition) is 2. The largest absolute Gasteiger partial charge is 0.355 e. The molecule has 0 radical (unpaired) electrons. The molecule has 2 N–H and O–H groups in total. The molecule has 0 unspecified atom stereocenters. The first-order valence-corrected chi connectivity index (χ1v) is 11.5. The van der Waals surface area contributed by atoms with E-state index in [2.05, 4.69) is 44.8 Å². The summed E-state index contributed by atoms with van der Waals surface area (Å²) in [5, 5.41) is 6.91. The number of hydrogen-bond acceptors (Lipinski definition) is 3. The summed E-state index contributed by atoms with van der Waals surface area (Å²) in [6.07, 6.45) is 8.13. The summed E-state index contributed by atoms with van der Waals surface area (Å²) >= 11 is 0. The molecule has 2 fully saturated rings.